The minimum Gasteiger partial charge on any atom is -0.352 e. The third-order valence-electron chi connectivity index (χ3n) is 4.61. The average molecular weight is 376 g/mol. The van der Waals surface area contributed by atoms with Crippen LogP contribution in [0.15, 0.2) is 4.99 Å². The van der Waals surface area contributed by atoms with Gasteiger partial charge in [0.2, 0.25) is 0 Å². The summed E-state index contributed by atoms with van der Waals surface area (Å²) in [6, 6.07) is 0.310. The van der Waals surface area contributed by atoms with E-state index in [9.17, 15) is 0 Å². The first kappa shape index (κ1) is 18.8. The third kappa shape index (κ3) is 4.23. The lowest BCUT2D eigenvalue weighted by atomic mass is 10.1. The summed E-state index contributed by atoms with van der Waals surface area (Å²) in [4.78, 5) is 15.0. The predicted molar refractivity (Wildman–Crippen MR) is 106 cm³/mol. The molecule has 7 nitrogen and oxygen atoms in total. The number of hydrogen-bond acceptors (Lipinski definition) is 5. The molecular formula is C18H29N7S. The molecule has 0 saturated heterocycles. The van der Waals surface area contributed by atoms with Crippen molar-refractivity contribution in [3.63, 3.8) is 0 Å². The molecule has 1 unspecified atom stereocenters. The van der Waals surface area contributed by atoms with Crippen molar-refractivity contribution in [1.29, 1.82) is 0 Å². The first-order valence-corrected chi connectivity index (χ1v) is 10.2. The van der Waals surface area contributed by atoms with Crippen LogP contribution in [0.5, 0.6) is 0 Å². The molecular weight excluding hydrogens is 346 g/mol. The summed E-state index contributed by atoms with van der Waals surface area (Å²) >= 11 is 1.76. The summed E-state index contributed by atoms with van der Waals surface area (Å²) in [7, 11) is 1.81. The standard InChI is InChI=1S/C18H29N7S/c1-6-14-22-15-8-7-13(10-25(15)24-14)21-18(19-5)20-9-16-23-17(11(2)3)12(4)26-16/h11,13H,6-10H2,1-5H3,(H2,19,20,21). The number of aryl methyl sites for hydroxylation is 3. The van der Waals surface area contributed by atoms with Crippen LogP contribution in [-0.2, 0) is 25.9 Å². The Morgan fingerprint density at radius 1 is 1.38 bits per heavy atom. The van der Waals surface area contributed by atoms with Gasteiger partial charge in [0.15, 0.2) is 11.8 Å². The molecule has 0 radical (unpaired) electrons. The maximum absolute atomic E-state index is 4.76. The summed E-state index contributed by atoms with van der Waals surface area (Å²) in [6.07, 6.45) is 2.87. The number of fused-ring (bicyclic) bond motifs is 1. The molecule has 8 heteroatoms. The number of aromatic nitrogens is 4. The highest BCUT2D eigenvalue weighted by Crippen LogP contribution is 2.23. The van der Waals surface area contributed by atoms with Crippen molar-refractivity contribution >= 4 is 17.3 Å². The van der Waals surface area contributed by atoms with E-state index in [0.717, 1.165) is 48.4 Å². The Morgan fingerprint density at radius 2 is 2.19 bits per heavy atom. The molecule has 0 saturated carbocycles. The molecule has 0 bridgehead atoms. The van der Waals surface area contributed by atoms with Gasteiger partial charge in [0.05, 0.1) is 18.8 Å². The van der Waals surface area contributed by atoms with Gasteiger partial charge in [-0.25, -0.2) is 14.6 Å². The molecule has 1 aliphatic heterocycles. The predicted octanol–water partition coefficient (Wildman–Crippen LogP) is 2.41. The van der Waals surface area contributed by atoms with Crippen LogP contribution in [0.2, 0.25) is 0 Å². The molecule has 2 aromatic rings. The summed E-state index contributed by atoms with van der Waals surface area (Å²) in [5, 5.41) is 12.6. The fraction of sp³-hybridized carbons (Fsp3) is 0.667. The van der Waals surface area contributed by atoms with Crippen molar-refractivity contribution in [2.24, 2.45) is 4.99 Å². The molecule has 0 aromatic carbocycles. The van der Waals surface area contributed by atoms with Gasteiger partial charge in [0.1, 0.15) is 10.8 Å². The summed E-state index contributed by atoms with van der Waals surface area (Å²) in [6.45, 7) is 10.1. The molecule has 1 aliphatic rings. The van der Waals surface area contributed by atoms with Crippen LogP contribution in [0.4, 0.5) is 0 Å². The van der Waals surface area contributed by atoms with Gasteiger partial charge in [-0.1, -0.05) is 20.8 Å². The van der Waals surface area contributed by atoms with E-state index in [-0.39, 0.29) is 0 Å². The summed E-state index contributed by atoms with van der Waals surface area (Å²) in [5.41, 5.74) is 1.20. The van der Waals surface area contributed by atoms with E-state index >= 15 is 0 Å². The number of nitrogens with zero attached hydrogens (tertiary/aromatic N) is 5. The molecule has 3 heterocycles. The molecule has 26 heavy (non-hydrogen) atoms. The average Bonchev–Trinajstić information content (AvgIpc) is 3.20. The van der Waals surface area contributed by atoms with E-state index in [1.54, 1.807) is 18.4 Å². The topological polar surface area (TPSA) is 80.0 Å². The molecule has 0 aliphatic carbocycles. The van der Waals surface area contributed by atoms with Gasteiger partial charge in [0, 0.05) is 30.8 Å². The molecule has 2 N–H and O–H groups in total. The Hall–Kier alpha value is -1.96. The summed E-state index contributed by atoms with van der Waals surface area (Å²) < 4.78 is 2.03. The zero-order valence-electron chi connectivity index (χ0n) is 16.3. The van der Waals surface area contributed by atoms with E-state index in [1.165, 1.54) is 10.6 Å². The number of hydrogen-bond donors (Lipinski definition) is 2. The van der Waals surface area contributed by atoms with Crippen LogP contribution in [0.3, 0.4) is 0 Å². The first-order valence-electron chi connectivity index (χ1n) is 9.36. The van der Waals surface area contributed by atoms with E-state index in [2.05, 4.69) is 53.4 Å². The van der Waals surface area contributed by atoms with Crippen molar-refractivity contribution in [2.45, 2.75) is 72.0 Å². The Bertz CT molecular complexity index is 775. The zero-order chi connectivity index (χ0) is 18.7. The maximum atomic E-state index is 4.76. The van der Waals surface area contributed by atoms with E-state index in [4.69, 9.17) is 4.98 Å². The van der Waals surface area contributed by atoms with Crippen LogP contribution >= 0.6 is 11.3 Å². The molecule has 0 spiro atoms. The molecule has 0 fully saturated rings. The summed E-state index contributed by atoms with van der Waals surface area (Å²) in [5.74, 6) is 3.31. The van der Waals surface area contributed by atoms with Gasteiger partial charge in [-0.3, -0.25) is 4.99 Å². The number of aliphatic imine (C=N–C) groups is 1. The van der Waals surface area contributed by atoms with Crippen molar-refractivity contribution in [3.8, 4) is 0 Å². The van der Waals surface area contributed by atoms with Gasteiger partial charge in [-0.2, -0.15) is 5.10 Å². The third-order valence-corrected chi connectivity index (χ3v) is 5.60. The van der Waals surface area contributed by atoms with Crippen LogP contribution in [0.1, 0.15) is 60.3 Å². The van der Waals surface area contributed by atoms with Crippen LogP contribution in [-0.4, -0.2) is 38.8 Å². The van der Waals surface area contributed by atoms with Crippen molar-refractivity contribution < 1.29 is 0 Å². The van der Waals surface area contributed by atoms with Crippen molar-refractivity contribution in [2.75, 3.05) is 7.05 Å². The Kier molecular flexibility index (Phi) is 5.90. The van der Waals surface area contributed by atoms with Crippen LogP contribution in [0.25, 0.3) is 0 Å². The number of thiazole rings is 1. The number of rotatable bonds is 5. The zero-order valence-corrected chi connectivity index (χ0v) is 17.2. The number of guanidine groups is 1. The van der Waals surface area contributed by atoms with E-state index < -0.39 is 0 Å². The van der Waals surface area contributed by atoms with E-state index in [1.807, 2.05) is 4.68 Å². The minimum absolute atomic E-state index is 0.310. The second-order valence-corrected chi connectivity index (χ2v) is 8.28. The Morgan fingerprint density at radius 3 is 2.85 bits per heavy atom. The second kappa shape index (κ2) is 8.16. The van der Waals surface area contributed by atoms with Gasteiger partial charge in [-0.05, 0) is 19.3 Å². The minimum atomic E-state index is 0.310. The monoisotopic (exact) mass is 375 g/mol. The van der Waals surface area contributed by atoms with Crippen LogP contribution in [0, 0.1) is 6.92 Å². The van der Waals surface area contributed by atoms with Crippen molar-refractivity contribution in [1.82, 2.24) is 30.4 Å². The van der Waals surface area contributed by atoms with Gasteiger partial charge < -0.3 is 10.6 Å². The number of nitrogens with one attached hydrogen (secondary N) is 2. The maximum Gasteiger partial charge on any atom is 0.191 e. The van der Waals surface area contributed by atoms with Gasteiger partial charge >= 0.3 is 0 Å². The lowest BCUT2D eigenvalue weighted by molar-refractivity contribution is 0.392. The lowest BCUT2D eigenvalue weighted by Gasteiger charge is -2.25. The fourth-order valence-corrected chi connectivity index (χ4v) is 4.28. The Labute approximate surface area is 159 Å². The molecule has 3 rings (SSSR count). The highest BCUT2D eigenvalue weighted by molar-refractivity contribution is 7.11. The second-order valence-electron chi connectivity index (χ2n) is 6.99. The SMILES string of the molecule is CCc1nc2n(n1)CC(NC(=NC)NCc1nc(C(C)C)c(C)s1)CC2. The smallest absolute Gasteiger partial charge is 0.191 e. The van der Waals surface area contributed by atoms with Gasteiger partial charge in [0.25, 0.3) is 0 Å². The van der Waals surface area contributed by atoms with Crippen LogP contribution < -0.4 is 10.6 Å². The molecule has 0 amide bonds. The van der Waals surface area contributed by atoms with Crippen molar-refractivity contribution in [3.05, 3.63) is 27.2 Å². The fourth-order valence-electron chi connectivity index (χ4n) is 3.25. The highest BCUT2D eigenvalue weighted by atomic mass is 32.1. The normalized spacial score (nSPS) is 17.5. The largest absolute Gasteiger partial charge is 0.352 e. The first-order chi connectivity index (χ1) is 12.5. The Balaban J connectivity index is 1.56. The molecule has 2 aromatic heterocycles. The quantitative estimate of drug-likeness (QED) is 0.620. The molecule has 1 atom stereocenters. The highest BCUT2D eigenvalue weighted by Gasteiger charge is 2.22. The van der Waals surface area contributed by atoms with Gasteiger partial charge in [-0.15, -0.1) is 11.3 Å². The lowest BCUT2D eigenvalue weighted by Crippen LogP contribution is -2.46. The molecule has 142 valence electrons. The van der Waals surface area contributed by atoms with E-state index in [0.29, 0.717) is 18.5 Å².